The standard InChI is InChI=1S/C15H14F3N3O2/c16-15(17,18)23-13-5-1-10(2-6-13)9-22-12-7-3-11(4-8-12)21-14(19)20/h1-8H,9H2,(H4,19,20,21). The fourth-order valence-corrected chi connectivity index (χ4v) is 1.72. The largest absolute Gasteiger partial charge is 0.573 e. The second kappa shape index (κ2) is 6.91. The van der Waals surface area contributed by atoms with Gasteiger partial charge in [0.15, 0.2) is 5.96 Å². The van der Waals surface area contributed by atoms with Crippen molar-refractivity contribution in [1.82, 2.24) is 0 Å². The van der Waals surface area contributed by atoms with Crippen molar-refractivity contribution in [3.63, 3.8) is 0 Å². The van der Waals surface area contributed by atoms with Crippen molar-refractivity contribution in [1.29, 1.82) is 0 Å². The van der Waals surface area contributed by atoms with Gasteiger partial charge in [-0.15, -0.1) is 13.2 Å². The Kier molecular flexibility index (Phi) is 4.95. The Morgan fingerprint density at radius 3 is 2.00 bits per heavy atom. The number of alkyl halides is 3. The third kappa shape index (κ3) is 5.77. The number of hydrogen-bond donors (Lipinski definition) is 2. The molecule has 5 nitrogen and oxygen atoms in total. The summed E-state index contributed by atoms with van der Waals surface area (Å²) >= 11 is 0. The Bertz CT molecular complexity index is 664. The molecule has 2 rings (SSSR count). The van der Waals surface area contributed by atoms with Gasteiger partial charge in [-0.3, -0.25) is 0 Å². The van der Waals surface area contributed by atoms with Gasteiger partial charge < -0.3 is 20.9 Å². The summed E-state index contributed by atoms with van der Waals surface area (Å²) in [4.78, 5) is 3.87. The van der Waals surface area contributed by atoms with Crippen LogP contribution in [0.5, 0.6) is 11.5 Å². The van der Waals surface area contributed by atoms with Crippen LogP contribution in [0.15, 0.2) is 53.5 Å². The first-order valence-electron chi connectivity index (χ1n) is 6.49. The Balaban J connectivity index is 1.92. The van der Waals surface area contributed by atoms with Gasteiger partial charge in [-0.1, -0.05) is 12.1 Å². The fraction of sp³-hybridized carbons (Fsp3) is 0.133. The number of nitrogens with zero attached hydrogens (tertiary/aromatic N) is 1. The lowest BCUT2D eigenvalue weighted by atomic mass is 10.2. The zero-order valence-corrected chi connectivity index (χ0v) is 11.9. The molecule has 0 aliphatic rings. The maximum atomic E-state index is 12.1. The number of hydrogen-bond acceptors (Lipinski definition) is 3. The van der Waals surface area contributed by atoms with Crippen LogP contribution >= 0.6 is 0 Å². The maximum Gasteiger partial charge on any atom is 0.573 e. The van der Waals surface area contributed by atoms with Gasteiger partial charge in [-0.25, -0.2) is 4.99 Å². The van der Waals surface area contributed by atoms with E-state index in [1.54, 1.807) is 24.3 Å². The van der Waals surface area contributed by atoms with E-state index in [9.17, 15) is 13.2 Å². The van der Waals surface area contributed by atoms with E-state index in [2.05, 4.69) is 9.73 Å². The molecule has 4 N–H and O–H groups in total. The van der Waals surface area contributed by atoms with Gasteiger partial charge in [0, 0.05) is 0 Å². The monoisotopic (exact) mass is 325 g/mol. The van der Waals surface area contributed by atoms with Crippen LogP contribution in [0.4, 0.5) is 18.9 Å². The molecule has 2 aromatic carbocycles. The van der Waals surface area contributed by atoms with Crippen molar-refractivity contribution in [3.05, 3.63) is 54.1 Å². The summed E-state index contributed by atoms with van der Waals surface area (Å²) in [5, 5.41) is 0. The highest BCUT2D eigenvalue weighted by molar-refractivity contribution is 5.79. The number of guanidine groups is 1. The lowest BCUT2D eigenvalue weighted by molar-refractivity contribution is -0.274. The van der Waals surface area contributed by atoms with Crippen molar-refractivity contribution in [2.24, 2.45) is 16.5 Å². The average Bonchev–Trinajstić information content (AvgIpc) is 2.46. The molecule has 0 heterocycles. The van der Waals surface area contributed by atoms with Crippen LogP contribution in [0.25, 0.3) is 0 Å². The predicted octanol–water partition coefficient (Wildman–Crippen LogP) is 3.07. The molecule has 0 bridgehead atoms. The minimum atomic E-state index is -4.70. The highest BCUT2D eigenvalue weighted by Gasteiger charge is 2.30. The summed E-state index contributed by atoms with van der Waals surface area (Å²) in [6.45, 7) is 0.202. The highest BCUT2D eigenvalue weighted by atomic mass is 19.4. The fourth-order valence-electron chi connectivity index (χ4n) is 1.72. The Morgan fingerprint density at radius 2 is 1.48 bits per heavy atom. The molecule has 0 fully saturated rings. The van der Waals surface area contributed by atoms with Crippen LogP contribution in [-0.4, -0.2) is 12.3 Å². The molecule has 23 heavy (non-hydrogen) atoms. The van der Waals surface area contributed by atoms with Gasteiger partial charge in [-0.2, -0.15) is 0 Å². The van der Waals surface area contributed by atoms with E-state index in [-0.39, 0.29) is 18.3 Å². The first-order valence-corrected chi connectivity index (χ1v) is 6.49. The number of nitrogens with two attached hydrogens (primary N) is 2. The number of rotatable bonds is 5. The van der Waals surface area contributed by atoms with Crippen LogP contribution in [-0.2, 0) is 6.61 Å². The molecule has 0 aromatic heterocycles. The second-order valence-corrected chi connectivity index (χ2v) is 4.51. The summed E-state index contributed by atoms with van der Waals surface area (Å²) in [5.74, 6) is 0.262. The molecule has 0 saturated carbocycles. The first kappa shape index (κ1) is 16.5. The molecule has 0 saturated heterocycles. The molecule has 0 aliphatic carbocycles. The summed E-state index contributed by atoms with van der Waals surface area (Å²) in [5.41, 5.74) is 11.8. The van der Waals surface area contributed by atoms with Gasteiger partial charge in [0.25, 0.3) is 0 Å². The molecule has 0 atom stereocenters. The van der Waals surface area contributed by atoms with Crippen LogP contribution in [0.3, 0.4) is 0 Å². The van der Waals surface area contributed by atoms with Crippen LogP contribution in [0.2, 0.25) is 0 Å². The van der Waals surface area contributed by atoms with E-state index in [0.717, 1.165) is 0 Å². The Hall–Kier alpha value is -2.90. The highest BCUT2D eigenvalue weighted by Crippen LogP contribution is 2.23. The normalized spacial score (nSPS) is 10.9. The summed E-state index contributed by atoms with van der Waals surface area (Å²) in [6, 6.07) is 12.2. The van der Waals surface area contributed by atoms with Crippen molar-refractivity contribution in [2.45, 2.75) is 13.0 Å². The van der Waals surface area contributed by atoms with E-state index in [4.69, 9.17) is 16.2 Å². The van der Waals surface area contributed by atoms with Crippen LogP contribution in [0, 0.1) is 0 Å². The lowest BCUT2D eigenvalue weighted by Crippen LogP contribution is -2.21. The number of aliphatic imine (C=N–C) groups is 1. The molecule has 2 aromatic rings. The third-order valence-corrected chi connectivity index (χ3v) is 2.66. The number of benzene rings is 2. The van der Waals surface area contributed by atoms with Gasteiger partial charge in [-0.05, 0) is 42.0 Å². The predicted molar refractivity (Wildman–Crippen MR) is 79.4 cm³/mol. The average molecular weight is 325 g/mol. The Morgan fingerprint density at radius 1 is 0.913 bits per heavy atom. The Labute approximate surface area is 130 Å². The summed E-state index contributed by atoms with van der Waals surface area (Å²) in [7, 11) is 0. The smallest absolute Gasteiger partial charge is 0.489 e. The first-order chi connectivity index (χ1) is 10.8. The van der Waals surface area contributed by atoms with E-state index >= 15 is 0 Å². The maximum absolute atomic E-state index is 12.1. The molecule has 0 radical (unpaired) electrons. The molecule has 0 amide bonds. The van der Waals surface area contributed by atoms with Gasteiger partial charge in [0.2, 0.25) is 0 Å². The third-order valence-electron chi connectivity index (χ3n) is 2.66. The van der Waals surface area contributed by atoms with Crippen molar-refractivity contribution >= 4 is 11.6 Å². The van der Waals surface area contributed by atoms with Gasteiger partial charge >= 0.3 is 6.36 Å². The summed E-state index contributed by atoms with van der Waals surface area (Å²) < 4.78 is 45.5. The van der Waals surface area contributed by atoms with Crippen LogP contribution in [0.1, 0.15) is 5.56 Å². The number of ether oxygens (including phenoxy) is 2. The molecule has 0 unspecified atom stereocenters. The lowest BCUT2D eigenvalue weighted by Gasteiger charge is -2.10. The van der Waals surface area contributed by atoms with Crippen molar-refractivity contribution in [2.75, 3.05) is 0 Å². The summed E-state index contributed by atoms with van der Waals surface area (Å²) in [6.07, 6.45) is -4.70. The molecule has 8 heteroatoms. The van der Waals surface area contributed by atoms with Crippen molar-refractivity contribution < 1.29 is 22.6 Å². The van der Waals surface area contributed by atoms with E-state index in [1.807, 2.05) is 0 Å². The molecule has 122 valence electrons. The van der Waals surface area contributed by atoms with E-state index in [1.165, 1.54) is 24.3 Å². The van der Waals surface area contributed by atoms with E-state index < -0.39 is 6.36 Å². The quantitative estimate of drug-likeness (QED) is 0.654. The minimum absolute atomic E-state index is 0.0418. The topological polar surface area (TPSA) is 82.9 Å². The van der Waals surface area contributed by atoms with Gasteiger partial charge in [0.05, 0.1) is 5.69 Å². The van der Waals surface area contributed by atoms with Crippen LogP contribution < -0.4 is 20.9 Å². The SMILES string of the molecule is NC(N)=Nc1ccc(OCc2ccc(OC(F)(F)F)cc2)cc1. The minimum Gasteiger partial charge on any atom is -0.489 e. The zero-order valence-electron chi connectivity index (χ0n) is 11.9. The zero-order chi connectivity index (χ0) is 16.9. The second-order valence-electron chi connectivity index (χ2n) is 4.51. The molecular formula is C15H14F3N3O2. The van der Waals surface area contributed by atoms with E-state index in [0.29, 0.717) is 17.0 Å². The molecule has 0 aliphatic heterocycles. The molecular weight excluding hydrogens is 311 g/mol. The van der Waals surface area contributed by atoms with Crippen molar-refractivity contribution in [3.8, 4) is 11.5 Å². The molecule has 0 spiro atoms. The van der Waals surface area contributed by atoms with Gasteiger partial charge in [0.1, 0.15) is 18.1 Å². The number of halogens is 3.